The molecule has 1 amide bonds. The predicted molar refractivity (Wildman–Crippen MR) is 73.5 cm³/mol. The number of nitrogens with zero attached hydrogens (tertiary/aromatic N) is 3. The molecule has 0 radical (unpaired) electrons. The lowest BCUT2D eigenvalue weighted by Crippen LogP contribution is -2.26. The summed E-state index contributed by atoms with van der Waals surface area (Å²) in [6.07, 6.45) is 0. The molecule has 0 aliphatic rings. The summed E-state index contributed by atoms with van der Waals surface area (Å²) >= 11 is 1.24. The van der Waals surface area contributed by atoms with Crippen LogP contribution in [-0.4, -0.2) is 22.8 Å². The Bertz CT molecular complexity index is 644. The highest BCUT2D eigenvalue weighted by Crippen LogP contribution is 2.14. The largest absolute Gasteiger partial charge is 0.375 e. The number of carbonyl (C=O) groups is 1. The number of aromatic nitrogens is 1. The van der Waals surface area contributed by atoms with Crippen LogP contribution in [0.5, 0.6) is 0 Å². The van der Waals surface area contributed by atoms with E-state index >= 15 is 0 Å². The Morgan fingerprint density at radius 1 is 1.58 bits per heavy atom. The molecule has 0 atom stereocenters. The van der Waals surface area contributed by atoms with E-state index in [9.17, 15) is 4.79 Å². The van der Waals surface area contributed by atoms with Gasteiger partial charge in [0, 0.05) is 19.0 Å². The van der Waals surface area contributed by atoms with Crippen molar-refractivity contribution in [3.63, 3.8) is 0 Å². The Hall–Kier alpha value is -2.39. The standard InChI is InChI=1S/C13H12N4OS/c1-17(12(18)11-8-19-13(15)16-11)7-10-4-2-3-9(5-10)6-14/h2-5,8H,7H2,1H3,(H2,15,16). The molecule has 2 N–H and O–H groups in total. The number of anilines is 1. The molecule has 0 bridgehead atoms. The van der Waals surface area contributed by atoms with Gasteiger partial charge in [0.1, 0.15) is 5.69 Å². The molecule has 0 unspecified atom stereocenters. The maximum atomic E-state index is 12.1. The molecule has 1 aromatic carbocycles. The van der Waals surface area contributed by atoms with Crippen LogP contribution in [0.15, 0.2) is 29.6 Å². The molecule has 19 heavy (non-hydrogen) atoms. The number of benzene rings is 1. The normalized spacial score (nSPS) is 9.89. The first kappa shape index (κ1) is 13.1. The van der Waals surface area contributed by atoms with Crippen LogP contribution in [0.2, 0.25) is 0 Å². The van der Waals surface area contributed by atoms with Crippen molar-refractivity contribution in [3.8, 4) is 6.07 Å². The number of hydrogen-bond acceptors (Lipinski definition) is 5. The number of nitrogens with two attached hydrogens (primary N) is 1. The van der Waals surface area contributed by atoms with E-state index in [4.69, 9.17) is 11.0 Å². The van der Waals surface area contributed by atoms with Gasteiger partial charge < -0.3 is 10.6 Å². The lowest BCUT2D eigenvalue weighted by Gasteiger charge is -2.16. The number of amides is 1. The fraction of sp³-hybridized carbons (Fsp3) is 0.154. The van der Waals surface area contributed by atoms with Crippen molar-refractivity contribution in [2.75, 3.05) is 12.8 Å². The molecular formula is C13H12N4OS. The zero-order valence-corrected chi connectivity index (χ0v) is 11.1. The minimum absolute atomic E-state index is 0.185. The molecule has 96 valence electrons. The summed E-state index contributed by atoms with van der Waals surface area (Å²) in [5, 5.41) is 10.8. The van der Waals surface area contributed by atoms with Gasteiger partial charge in [0.05, 0.1) is 11.6 Å². The van der Waals surface area contributed by atoms with E-state index in [1.165, 1.54) is 11.3 Å². The second kappa shape index (κ2) is 5.50. The summed E-state index contributed by atoms with van der Waals surface area (Å²) in [4.78, 5) is 17.6. The number of nitrogen functional groups attached to an aromatic ring is 1. The van der Waals surface area contributed by atoms with Gasteiger partial charge in [-0.05, 0) is 17.7 Å². The number of rotatable bonds is 3. The Labute approximate surface area is 114 Å². The van der Waals surface area contributed by atoms with Crippen molar-refractivity contribution in [1.82, 2.24) is 9.88 Å². The van der Waals surface area contributed by atoms with E-state index in [-0.39, 0.29) is 5.91 Å². The lowest BCUT2D eigenvalue weighted by atomic mass is 10.1. The van der Waals surface area contributed by atoms with Crippen LogP contribution in [0, 0.1) is 11.3 Å². The third-order valence-electron chi connectivity index (χ3n) is 2.56. The highest BCUT2D eigenvalue weighted by Gasteiger charge is 2.15. The van der Waals surface area contributed by atoms with Gasteiger partial charge in [-0.3, -0.25) is 4.79 Å². The Kier molecular flexibility index (Phi) is 3.78. The third kappa shape index (κ3) is 3.09. The SMILES string of the molecule is CN(Cc1cccc(C#N)c1)C(=O)c1csc(N)n1. The molecule has 0 saturated heterocycles. The molecule has 1 heterocycles. The van der Waals surface area contributed by atoms with Crippen LogP contribution in [0.4, 0.5) is 5.13 Å². The highest BCUT2D eigenvalue weighted by molar-refractivity contribution is 7.13. The number of nitriles is 1. The van der Waals surface area contributed by atoms with Gasteiger partial charge in [0.2, 0.25) is 0 Å². The smallest absolute Gasteiger partial charge is 0.273 e. The minimum Gasteiger partial charge on any atom is -0.375 e. The van der Waals surface area contributed by atoms with E-state index in [1.807, 2.05) is 6.07 Å². The van der Waals surface area contributed by atoms with Gasteiger partial charge >= 0.3 is 0 Å². The summed E-state index contributed by atoms with van der Waals surface area (Å²) in [5.74, 6) is -0.185. The average Bonchev–Trinajstić information content (AvgIpc) is 2.84. The molecular weight excluding hydrogens is 260 g/mol. The van der Waals surface area contributed by atoms with Crippen molar-refractivity contribution in [2.24, 2.45) is 0 Å². The van der Waals surface area contributed by atoms with Crippen LogP contribution in [0.1, 0.15) is 21.6 Å². The van der Waals surface area contributed by atoms with Gasteiger partial charge in [-0.1, -0.05) is 12.1 Å². The van der Waals surface area contributed by atoms with Crippen LogP contribution in [-0.2, 0) is 6.54 Å². The van der Waals surface area contributed by atoms with E-state index < -0.39 is 0 Å². The summed E-state index contributed by atoms with van der Waals surface area (Å²) in [7, 11) is 1.69. The number of carbonyl (C=O) groups excluding carboxylic acids is 1. The molecule has 5 nitrogen and oxygen atoms in total. The van der Waals surface area contributed by atoms with Crippen molar-refractivity contribution in [3.05, 3.63) is 46.5 Å². The first-order chi connectivity index (χ1) is 9.10. The zero-order chi connectivity index (χ0) is 13.8. The van der Waals surface area contributed by atoms with Crippen molar-refractivity contribution in [2.45, 2.75) is 6.54 Å². The van der Waals surface area contributed by atoms with Crippen molar-refractivity contribution >= 4 is 22.4 Å². The minimum atomic E-state index is -0.185. The summed E-state index contributed by atoms with van der Waals surface area (Å²) < 4.78 is 0. The molecule has 0 spiro atoms. The second-order valence-electron chi connectivity index (χ2n) is 4.04. The molecule has 2 aromatic rings. The van der Waals surface area contributed by atoms with Gasteiger partial charge in [-0.25, -0.2) is 4.98 Å². The van der Waals surface area contributed by atoms with Crippen LogP contribution in [0.3, 0.4) is 0 Å². The summed E-state index contributed by atoms with van der Waals surface area (Å²) in [6, 6.07) is 9.24. The molecule has 0 aliphatic carbocycles. The summed E-state index contributed by atoms with van der Waals surface area (Å²) in [6.45, 7) is 0.422. The number of hydrogen-bond donors (Lipinski definition) is 1. The molecule has 0 fully saturated rings. The van der Waals surface area contributed by atoms with E-state index in [0.29, 0.717) is 22.9 Å². The molecule has 2 rings (SSSR count). The van der Waals surface area contributed by atoms with E-state index in [0.717, 1.165) is 5.56 Å². The topological polar surface area (TPSA) is 83.0 Å². The fourth-order valence-corrected chi connectivity index (χ4v) is 2.20. The van der Waals surface area contributed by atoms with E-state index in [1.54, 1.807) is 35.5 Å². The molecule has 1 aromatic heterocycles. The van der Waals surface area contributed by atoms with Gasteiger partial charge in [-0.2, -0.15) is 5.26 Å². The first-order valence-electron chi connectivity index (χ1n) is 5.55. The fourth-order valence-electron chi connectivity index (χ4n) is 1.67. The zero-order valence-electron chi connectivity index (χ0n) is 10.3. The van der Waals surface area contributed by atoms with Gasteiger partial charge in [0.15, 0.2) is 5.13 Å². The average molecular weight is 272 g/mol. The highest BCUT2D eigenvalue weighted by atomic mass is 32.1. The van der Waals surface area contributed by atoms with Gasteiger partial charge in [-0.15, -0.1) is 11.3 Å². The summed E-state index contributed by atoms with van der Waals surface area (Å²) in [5.41, 5.74) is 7.34. The maximum Gasteiger partial charge on any atom is 0.273 e. The van der Waals surface area contributed by atoms with Crippen LogP contribution in [0.25, 0.3) is 0 Å². The molecule has 6 heteroatoms. The monoisotopic (exact) mass is 272 g/mol. The quantitative estimate of drug-likeness (QED) is 0.924. The molecule has 0 aliphatic heterocycles. The predicted octanol–water partition coefficient (Wildman–Crippen LogP) is 1.87. The van der Waals surface area contributed by atoms with Crippen molar-refractivity contribution in [1.29, 1.82) is 5.26 Å². The van der Waals surface area contributed by atoms with Crippen molar-refractivity contribution < 1.29 is 4.79 Å². The Morgan fingerprint density at radius 2 is 2.37 bits per heavy atom. The van der Waals surface area contributed by atoms with Crippen LogP contribution >= 0.6 is 11.3 Å². The third-order valence-corrected chi connectivity index (χ3v) is 3.24. The second-order valence-corrected chi connectivity index (χ2v) is 4.93. The Balaban J connectivity index is 2.10. The van der Waals surface area contributed by atoms with Gasteiger partial charge in [0.25, 0.3) is 5.91 Å². The van der Waals surface area contributed by atoms with E-state index in [2.05, 4.69) is 11.1 Å². The maximum absolute atomic E-state index is 12.1. The lowest BCUT2D eigenvalue weighted by molar-refractivity contribution is 0.0780. The Morgan fingerprint density at radius 3 is 3.00 bits per heavy atom. The number of thiazole rings is 1. The van der Waals surface area contributed by atoms with Crippen LogP contribution < -0.4 is 5.73 Å². The first-order valence-corrected chi connectivity index (χ1v) is 6.43. The molecule has 0 saturated carbocycles.